The first-order valence-corrected chi connectivity index (χ1v) is 6.89. The maximum absolute atomic E-state index is 12.3. The molecule has 1 aromatic carbocycles. The lowest BCUT2D eigenvalue weighted by Gasteiger charge is -2.33. The van der Waals surface area contributed by atoms with Gasteiger partial charge in [0.2, 0.25) is 0 Å². The second-order valence-corrected chi connectivity index (χ2v) is 4.94. The second kappa shape index (κ2) is 6.58. The predicted octanol–water partition coefficient (Wildman–Crippen LogP) is 1.93. The molecule has 1 aromatic rings. The Kier molecular flexibility index (Phi) is 4.80. The normalized spacial score (nSPS) is 17.3. The average Bonchev–Trinajstić information content (AvgIpc) is 2.46. The van der Waals surface area contributed by atoms with Crippen LogP contribution in [0.25, 0.3) is 0 Å². The van der Waals surface area contributed by atoms with Crippen LogP contribution < -0.4 is 9.64 Å². The zero-order valence-corrected chi connectivity index (χ0v) is 12.2. The Morgan fingerprint density at radius 3 is 2.86 bits per heavy atom. The largest absolute Gasteiger partial charge is 0.479 e. The van der Waals surface area contributed by atoms with E-state index in [2.05, 4.69) is 0 Å². The van der Waals surface area contributed by atoms with Crippen molar-refractivity contribution in [1.82, 2.24) is 0 Å². The number of hydrogen-bond donors (Lipinski definition) is 1. The SMILES string of the molecule is COCCCCN1C(=O)[C@@H](C)Oc2ccc(C(=O)O)cc21. The first-order chi connectivity index (χ1) is 10.0. The zero-order chi connectivity index (χ0) is 15.4. The van der Waals surface area contributed by atoms with E-state index in [1.165, 1.54) is 12.1 Å². The van der Waals surface area contributed by atoms with Gasteiger partial charge in [0.05, 0.1) is 11.3 Å². The molecule has 0 fully saturated rings. The van der Waals surface area contributed by atoms with Crippen LogP contribution in [0.4, 0.5) is 5.69 Å². The van der Waals surface area contributed by atoms with Crippen LogP contribution >= 0.6 is 0 Å². The van der Waals surface area contributed by atoms with Gasteiger partial charge in [-0.25, -0.2) is 4.79 Å². The van der Waals surface area contributed by atoms with Crippen LogP contribution in [0.1, 0.15) is 30.1 Å². The number of carbonyl (C=O) groups excluding carboxylic acids is 1. The molecule has 0 aromatic heterocycles. The minimum atomic E-state index is -1.02. The lowest BCUT2D eigenvalue weighted by molar-refractivity contribution is -0.125. The summed E-state index contributed by atoms with van der Waals surface area (Å²) in [7, 11) is 1.64. The van der Waals surface area contributed by atoms with Crippen LogP contribution in [0.15, 0.2) is 18.2 Å². The Hall–Kier alpha value is -2.08. The monoisotopic (exact) mass is 293 g/mol. The molecule has 21 heavy (non-hydrogen) atoms. The van der Waals surface area contributed by atoms with E-state index in [4.69, 9.17) is 14.6 Å². The van der Waals surface area contributed by atoms with Gasteiger partial charge in [0, 0.05) is 20.3 Å². The van der Waals surface area contributed by atoms with Gasteiger partial charge < -0.3 is 19.5 Å². The molecule has 0 radical (unpaired) electrons. The number of hydrogen-bond acceptors (Lipinski definition) is 4. The summed E-state index contributed by atoms with van der Waals surface area (Å²) >= 11 is 0. The summed E-state index contributed by atoms with van der Waals surface area (Å²) in [5.74, 6) is -0.635. The van der Waals surface area contributed by atoms with Crippen molar-refractivity contribution < 1.29 is 24.2 Å². The highest BCUT2D eigenvalue weighted by molar-refractivity contribution is 6.01. The molecule has 0 bridgehead atoms. The highest BCUT2D eigenvalue weighted by Crippen LogP contribution is 2.35. The van der Waals surface area contributed by atoms with Crippen molar-refractivity contribution in [2.45, 2.75) is 25.9 Å². The molecule has 114 valence electrons. The van der Waals surface area contributed by atoms with E-state index < -0.39 is 12.1 Å². The van der Waals surface area contributed by atoms with Crippen LogP contribution in [-0.2, 0) is 9.53 Å². The molecular weight excluding hydrogens is 274 g/mol. The number of fused-ring (bicyclic) bond motifs is 1. The number of benzene rings is 1. The van der Waals surface area contributed by atoms with Gasteiger partial charge in [-0.3, -0.25) is 4.79 Å². The first kappa shape index (κ1) is 15.3. The first-order valence-electron chi connectivity index (χ1n) is 6.89. The van der Waals surface area contributed by atoms with Crippen molar-refractivity contribution in [2.75, 3.05) is 25.2 Å². The van der Waals surface area contributed by atoms with Crippen molar-refractivity contribution in [3.05, 3.63) is 23.8 Å². The Morgan fingerprint density at radius 1 is 1.43 bits per heavy atom. The van der Waals surface area contributed by atoms with Crippen molar-refractivity contribution in [2.24, 2.45) is 0 Å². The summed E-state index contributed by atoms with van der Waals surface area (Å²) in [5.41, 5.74) is 0.664. The van der Waals surface area contributed by atoms with Crippen LogP contribution in [0, 0.1) is 0 Å². The molecule has 0 saturated carbocycles. The number of carbonyl (C=O) groups is 2. The van der Waals surface area contributed by atoms with Crippen molar-refractivity contribution in [3.63, 3.8) is 0 Å². The Morgan fingerprint density at radius 2 is 2.19 bits per heavy atom. The molecule has 0 unspecified atom stereocenters. The highest BCUT2D eigenvalue weighted by Gasteiger charge is 2.31. The lowest BCUT2D eigenvalue weighted by Crippen LogP contribution is -2.45. The molecule has 0 aliphatic carbocycles. The summed E-state index contributed by atoms with van der Waals surface area (Å²) < 4.78 is 10.5. The fraction of sp³-hybridized carbons (Fsp3) is 0.467. The quantitative estimate of drug-likeness (QED) is 0.811. The fourth-order valence-electron chi connectivity index (χ4n) is 2.29. The topological polar surface area (TPSA) is 76.1 Å². The standard InChI is InChI=1S/C15H19NO5/c1-10-14(17)16(7-3-4-8-20-2)12-9-11(15(18)19)5-6-13(12)21-10/h5-6,9-10H,3-4,7-8H2,1-2H3,(H,18,19)/t10-/m1/s1. The number of unbranched alkanes of at least 4 members (excludes halogenated alkanes) is 1. The summed E-state index contributed by atoms with van der Waals surface area (Å²) in [6.45, 7) is 2.85. The fourth-order valence-corrected chi connectivity index (χ4v) is 2.29. The summed E-state index contributed by atoms with van der Waals surface area (Å²) in [6.07, 6.45) is 1.06. The lowest BCUT2D eigenvalue weighted by atomic mass is 10.1. The third-order valence-electron chi connectivity index (χ3n) is 3.39. The van der Waals surface area contributed by atoms with Crippen LogP contribution in [-0.4, -0.2) is 43.3 Å². The molecule has 1 aliphatic rings. The number of amides is 1. The molecule has 1 amide bonds. The van der Waals surface area contributed by atoms with Gasteiger partial charge in [0.15, 0.2) is 6.10 Å². The number of nitrogens with zero attached hydrogens (tertiary/aromatic N) is 1. The smallest absolute Gasteiger partial charge is 0.335 e. The zero-order valence-electron chi connectivity index (χ0n) is 12.2. The molecule has 0 spiro atoms. The van der Waals surface area contributed by atoms with Crippen LogP contribution in [0.3, 0.4) is 0 Å². The van der Waals surface area contributed by atoms with Crippen LogP contribution in [0.2, 0.25) is 0 Å². The van der Waals surface area contributed by atoms with E-state index in [1.807, 2.05) is 0 Å². The van der Waals surface area contributed by atoms with Crippen molar-refractivity contribution in [3.8, 4) is 5.75 Å². The van der Waals surface area contributed by atoms with Gasteiger partial charge in [-0.2, -0.15) is 0 Å². The van der Waals surface area contributed by atoms with E-state index in [-0.39, 0.29) is 11.5 Å². The van der Waals surface area contributed by atoms with Gasteiger partial charge in [-0.05, 0) is 38.0 Å². The molecular formula is C15H19NO5. The third-order valence-corrected chi connectivity index (χ3v) is 3.39. The van der Waals surface area contributed by atoms with E-state index >= 15 is 0 Å². The highest BCUT2D eigenvalue weighted by atomic mass is 16.5. The van der Waals surface area contributed by atoms with E-state index in [0.717, 1.165) is 12.8 Å². The average molecular weight is 293 g/mol. The van der Waals surface area contributed by atoms with Gasteiger partial charge in [-0.1, -0.05) is 0 Å². The summed E-state index contributed by atoms with van der Waals surface area (Å²) in [5, 5.41) is 9.08. The summed E-state index contributed by atoms with van der Waals surface area (Å²) in [6, 6.07) is 4.56. The molecule has 1 N–H and O–H groups in total. The number of aromatic carboxylic acids is 1. The number of carboxylic acids is 1. The maximum Gasteiger partial charge on any atom is 0.335 e. The van der Waals surface area contributed by atoms with Gasteiger partial charge in [0.1, 0.15) is 5.75 Å². The number of methoxy groups -OCH3 is 1. The minimum absolute atomic E-state index is 0.140. The Bertz CT molecular complexity index is 543. The number of ether oxygens (including phenoxy) is 2. The minimum Gasteiger partial charge on any atom is -0.479 e. The van der Waals surface area contributed by atoms with Crippen molar-refractivity contribution in [1.29, 1.82) is 0 Å². The molecule has 1 aliphatic heterocycles. The maximum atomic E-state index is 12.3. The molecule has 6 nitrogen and oxygen atoms in total. The Balaban J connectivity index is 2.24. The molecule has 6 heteroatoms. The number of carboxylic acid groups (broad SMARTS) is 1. The van der Waals surface area contributed by atoms with Crippen molar-refractivity contribution >= 4 is 17.6 Å². The number of anilines is 1. The molecule has 1 atom stereocenters. The molecule has 0 saturated heterocycles. The van der Waals surface area contributed by atoms with E-state index in [0.29, 0.717) is 24.6 Å². The van der Waals surface area contributed by atoms with Gasteiger partial charge >= 0.3 is 5.97 Å². The van der Waals surface area contributed by atoms with E-state index in [9.17, 15) is 9.59 Å². The van der Waals surface area contributed by atoms with Gasteiger partial charge in [0.25, 0.3) is 5.91 Å². The Labute approximate surface area is 123 Å². The third kappa shape index (κ3) is 3.33. The van der Waals surface area contributed by atoms with Gasteiger partial charge in [-0.15, -0.1) is 0 Å². The number of rotatable bonds is 6. The molecule has 1 heterocycles. The van der Waals surface area contributed by atoms with Crippen LogP contribution in [0.5, 0.6) is 5.75 Å². The molecule has 2 rings (SSSR count). The van der Waals surface area contributed by atoms with E-state index in [1.54, 1.807) is 25.0 Å². The predicted molar refractivity (Wildman–Crippen MR) is 77.0 cm³/mol. The summed E-state index contributed by atoms with van der Waals surface area (Å²) in [4.78, 5) is 24.9. The second-order valence-electron chi connectivity index (χ2n) is 4.94.